The zero-order valence-electron chi connectivity index (χ0n) is 20.0. The van der Waals surface area contributed by atoms with Crippen LogP contribution in [0.25, 0.3) is 10.9 Å². The Morgan fingerprint density at radius 2 is 2.03 bits per heavy atom. The lowest BCUT2D eigenvalue weighted by atomic mass is 10.1. The Morgan fingerprint density at radius 3 is 2.75 bits per heavy atom. The number of carbonyl (C=O) groups is 1. The van der Waals surface area contributed by atoms with E-state index in [0.29, 0.717) is 35.5 Å². The third-order valence-corrected chi connectivity index (χ3v) is 6.07. The number of nitrogens with zero attached hydrogens (tertiary/aromatic N) is 5. The zero-order valence-corrected chi connectivity index (χ0v) is 20.8. The number of amides is 1. The molecule has 11 heteroatoms. The molecule has 36 heavy (non-hydrogen) atoms. The van der Waals surface area contributed by atoms with E-state index in [4.69, 9.17) is 11.6 Å². The quantitative estimate of drug-likeness (QED) is 0.314. The van der Waals surface area contributed by atoms with E-state index in [-0.39, 0.29) is 22.2 Å². The SMILES string of the molecule is CC(Nc1cc(=O)n(C)c2ccc(Nc3ccnc(Cl)c3C#N)cc12)C(=O)NCCc1cnn(C)c1. The highest BCUT2D eigenvalue weighted by atomic mass is 35.5. The Morgan fingerprint density at radius 1 is 1.22 bits per heavy atom. The molecule has 4 rings (SSSR count). The van der Waals surface area contributed by atoms with Gasteiger partial charge in [-0.3, -0.25) is 14.3 Å². The van der Waals surface area contributed by atoms with E-state index >= 15 is 0 Å². The minimum atomic E-state index is -0.588. The van der Waals surface area contributed by atoms with Crippen LogP contribution in [0.4, 0.5) is 17.1 Å². The Kier molecular flexibility index (Phi) is 7.22. The summed E-state index contributed by atoms with van der Waals surface area (Å²) < 4.78 is 3.25. The fourth-order valence-corrected chi connectivity index (χ4v) is 4.04. The Bertz CT molecular complexity index is 1540. The molecule has 1 aromatic carbocycles. The molecule has 1 amide bonds. The van der Waals surface area contributed by atoms with Crippen LogP contribution < -0.4 is 21.5 Å². The van der Waals surface area contributed by atoms with Gasteiger partial charge in [-0.1, -0.05) is 11.6 Å². The number of nitriles is 1. The molecule has 0 radical (unpaired) electrons. The number of pyridine rings is 2. The van der Waals surface area contributed by atoms with Crippen molar-refractivity contribution in [2.45, 2.75) is 19.4 Å². The van der Waals surface area contributed by atoms with Crippen molar-refractivity contribution in [1.82, 2.24) is 24.6 Å². The van der Waals surface area contributed by atoms with Crippen LogP contribution in [0.15, 0.2) is 53.7 Å². The fraction of sp³-hybridized carbons (Fsp3) is 0.240. The van der Waals surface area contributed by atoms with Crippen LogP contribution in [-0.2, 0) is 25.3 Å². The van der Waals surface area contributed by atoms with Gasteiger partial charge in [-0.2, -0.15) is 10.4 Å². The predicted molar refractivity (Wildman–Crippen MR) is 139 cm³/mol. The molecule has 0 saturated heterocycles. The lowest BCUT2D eigenvalue weighted by Gasteiger charge is -2.18. The zero-order chi connectivity index (χ0) is 25.8. The first-order valence-corrected chi connectivity index (χ1v) is 11.6. The van der Waals surface area contributed by atoms with Gasteiger partial charge in [0.25, 0.3) is 5.56 Å². The monoisotopic (exact) mass is 504 g/mol. The molecule has 4 aromatic rings. The average molecular weight is 505 g/mol. The van der Waals surface area contributed by atoms with E-state index in [2.05, 4.69) is 32.1 Å². The van der Waals surface area contributed by atoms with Crippen molar-refractivity contribution in [3.05, 3.63) is 75.6 Å². The molecule has 1 atom stereocenters. The molecule has 0 bridgehead atoms. The third kappa shape index (κ3) is 5.31. The Labute approximate surface area is 212 Å². The maximum absolute atomic E-state index is 12.7. The maximum atomic E-state index is 12.7. The minimum Gasteiger partial charge on any atom is -0.373 e. The van der Waals surface area contributed by atoms with Crippen molar-refractivity contribution in [3.63, 3.8) is 0 Å². The van der Waals surface area contributed by atoms with Gasteiger partial charge in [-0.15, -0.1) is 0 Å². The number of hydrogen-bond donors (Lipinski definition) is 3. The lowest BCUT2D eigenvalue weighted by Crippen LogP contribution is -2.38. The number of carbonyl (C=O) groups excluding carboxylic acids is 1. The van der Waals surface area contributed by atoms with Crippen LogP contribution >= 0.6 is 11.6 Å². The number of benzene rings is 1. The molecule has 0 aliphatic rings. The van der Waals surface area contributed by atoms with Crippen LogP contribution in [0.2, 0.25) is 5.15 Å². The summed E-state index contributed by atoms with van der Waals surface area (Å²) in [6.07, 6.45) is 5.85. The number of nitrogens with one attached hydrogen (secondary N) is 3. The second kappa shape index (κ2) is 10.5. The van der Waals surface area contributed by atoms with Gasteiger partial charge in [0.05, 0.1) is 17.4 Å². The van der Waals surface area contributed by atoms with Crippen LogP contribution in [0, 0.1) is 11.3 Å². The van der Waals surface area contributed by atoms with Crippen molar-refractivity contribution in [3.8, 4) is 6.07 Å². The lowest BCUT2D eigenvalue weighted by molar-refractivity contribution is -0.121. The molecule has 3 heterocycles. The van der Waals surface area contributed by atoms with Gasteiger partial charge in [0.1, 0.15) is 22.8 Å². The fourth-order valence-electron chi connectivity index (χ4n) is 3.84. The molecule has 184 valence electrons. The number of aryl methyl sites for hydroxylation is 2. The molecule has 1 unspecified atom stereocenters. The third-order valence-electron chi connectivity index (χ3n) is 5.78. The summed E-state index contributed by atoms with van der Waals surface area (Å²) in [5.74, 6) is -0.188. The van der Waals surface area contributed by atoms with Crippen LogP contribution in [0.3, 0.4) is 0 Å². The molecule has 0 aliphatic heterocycles. The largest absolute Gasteiger partial charge is 0.373 e. The first kappa shape index (κ1) is 24.8. The first-order chi connectivity index (χ1) is 17.3. The van der Waals surface area contributed by atoms with Crippen molar-refractivity contribution in [2.75, 3.05) is 17.2 Å². The van der Waals surface area contributed by atoms with Gasteiger partial charge in [0, 0.05) is 55.9 Å². The maximum Gasteiger partial charge on any atom is 0.252 e. The number of fused-ring (bicyclic) bond motifs is 1. The Hall–Kier alpha value is -4.36. The molecule has 10 nitrogen and oxygen atoms in total. The second-order valence-electron chi connectivity index (χ2n) is 8.38. The van der Waals surface area contributed by atoms with Gasteiger partial charge in [-0.25, -0.2) is 4.98 Å². The van der Waals surface area contributed by atoms with E-state index in [1.807, 2.05) is 19.3 Å². The van der Waals surface area contributed by atoms with Crippen molar-refractivity contribution in [2.24, 2.45) is 14.1 Å². The van der Waals surface area contributed by atoms with Crippen LogP contribution in [0.5, 0.6) is 0 Å². The average Bonchev–Trinajstić information content (AvgIpc) is 3.27. The van der Waals surface area contributed by atoms with E-state index < -0.39 is 6.04 Å². The van der Waals surface area contributed by atoms with Gasteiger partial charge >= 0.3 is 0 Å². The summed E-state index contributed by atoms with van der Waals surface area (Å²) in [5.41, 5.74) is 3.46. The number of hydrogen-bond acceptors (Lipinski definition) is 7. The highest BCUT2D eigenvalue weighted by Gasteiger charge is 2.16. The molecule has 0 fully saturated rings. The van der Waals surface area contributed by atoms with Crippen molar-refractivity contribution >= 4 is 45.5 Å². The standard InChI is InChI=1S/C25H25ClN8O2/c1-15(25(36)29-8-6-16-13-30-33(2)14-16)31-21-11-23(35)34(3)22-5-4-17(10-18(21)22)32-20-7-9-28-24(26)19(20)12-27/h4-5,7,9-11,13-15,31H,6,8H2,1-3H3,(H,28,32)(H,29,36). The van der Waals surface area contributed by atoms with Crippen molar-refractivity contribution < 1.29 is 4.79 Å². The molecule has 3 N–H and O–H groups in total. The highest BCUT2D eigenvalue weighted by molar-refractivity contribution is 6.31. The first-order valence-electron chi connectivity index (χ1n) is 11.2. The molecular weight excluding hydrogens is 480 g/mol. The molecular formula is C25H25ClN8O2. The summed E-state index contributed by atoms with van der Waals surface area (Å²) in [6.45, 7) is 2.21. The molecule has 0 saturated carbocycles. The van der Waals surface area contributed by atoms with Crippen molar-refractivity contribution in [1.29, 1.82) is 5.26 Å². The highest BCUT2D eigenvalue weighted by Crippen LogP contribution is 2.29. The van der Waals surface area contributed by atoms with Gasteiger partial charge in [-0.05, 0) is 43.2 Å². The molecule has 0 aliphatic carbocycles. The predicted octanol–water partition coefficient (Wildman–Crippen LogP) is 3.09. The topological polar surface area (TPSA) is 130 Å². The summed E-state index contributed by atoms with van der Waals surface area (Å²) >= 11 is 6.05. The van der Waals surface area contributed by atoms with Gasteiger partial charge < -0.3 is 20.5 Å². The smallest absolute Gasteiger partial charge is 0.252 e. The number of halogens is 1. The number of anilines is 3. The summed E-state index contributed by atoms with van der Waals surface area (Å²) in [7, 11) is 3.53. The molecule has 3 aromatic heterocycles. The van der Waals surface area contributed by atoms with E-state index in [0.717, 1.165) is 10.9 Å². The van der Waals surface area contributed by atoms with E-state index in [1.165, 1.54) is 16.8 Å². The van der Waals surface area contributed by atoms with Crippen LogP contribution in [0.1, 0.15) is 18.1 Å². The van der Waals surface area contributed by atoms with E-state index in [9.17, 15) is 14.9 Å². The normalized spacial score (nSPS) is 11.6. The van der Waals surface area contributed by atoms with E-state index in [1.54, 1.807) is 43.0 Å². The minimum absolute atomic E-state index is 0.108. The van der Waals surface area contributed by atoms with Gasteiger partial charge in [0.15, 0.2) is 0 Å². The summed E-state index contributed by atoms with van der Waals surface area (Å²) in [6, 6.07) is 10.0. The Balaban J connectivity index is 1.56. The molecule has 0 spiro atoms. The van der Waals surface area contributed by atoms with Crippen LogP contribution in [-0.4, -0.2) is 37.8 Å². The number of rotatable bonds is 8. The summed E-state index contributed by atoms with van der Waals surface area (Å²) in [5, 5.41) is 23.7. The number of aromatic nitrogens is 4. The van der Waals surface area contributed by atoms with Gasteiger partial charge in [0.2, 0.25) is 5.91 Å². The second-order valence-corrected chi connectivity index (χ2v) is 8.74. The summed E-state index contributed by atoms with van der Waals surface area (Å²) in [4.78, 5) is 29.2.